The van der Waals surface area contributed by atoms with Gasteiger partial charge in [0.2, 0.25) is 5.91 Å². The highest BCUT2D eigenvalue weighted by Crippen LogP contribution is 2.21. The SMILES string of the molecule is CCN(C(=O)[C@H](N)C(C)(C)C)c1ccncc1. The number of aromatic nitrogens is 1. The zero-order valence-electron chi connectivity index (χ0n) is 11.0. The largest absolute Gasteiger partial charge is 0.319 e. The third-order valence-corrected chi connectivity index (χ3v) is 2.76. The van der Waals surface area contributed by atoms with Crippen molar-refractivity contribution in [3.05, 3.63) is 24.5 Å². The highest BCUT2D eigenvalue weighted by atomic mass is 16.2. The summed E-state index contributed by atoms with van der Waals surface area (Å²) >= 11 is 0. The summed E-state index contributed by atoms with van der Waals surface area (Å²) in [4.78, 5) is 17.9. The fourth-order valence-corrected chi connectivity index (χ4v) is 1.53. The zero-order chi connectivity index (χ0) is 13.1. The van der Waals surface area contributed by atoms with Gasteiger partial charge in [-0.3, -0.25) is 9.78 Å². The van der Waals surface area contributed by atoms with Crippen LogP contribution in [0.4, 0.5) is 5.69 Å². The second-order valence-electron chi connectivity index (χ2n) is 5.13. The Hall–Kier alpha value is -1.42. The summed E-state index contributed by atoms with van der Waals surface area (Å²) in [5.74, 6) is -0.0498. The minimum absolute atomic E-state index is 0.0498. The lowest BCUT2D eigenvalue weighted by molar-refractivity contribution is -0.121. The quantitative estimate of drug-likeness (QED) is 0.869. The molecule has 0 saturated carbocycles. The summed E-state index contributed by atoms with van der Waals surface area (Å²) in [5, 5.41) is 0. The van der Waals surface area contributed by atoms with E-state index < -0.39 is 6.04 Å². The van der Waals surface area contributed by atoms with Crippen LogP contribution in [0.3, 0.4) is 0 Å². The molecule has 0 spiro atoms. The maximum Gasteiger partial charge on any atom is 0.244 e. The van der Waals surface area contributed by atoms with Crippen molar-refractivity contribution in [1.82, 2.24) is 4.98 Å². The molecule has 4 heteroatoms. The van der Waals surface area contributed by atoms with Gasteiger partial charge in [-0.05, 0) is 24.5 Å². The van der Waals surface area contributed by atoms with E-state index in [1.165, 1.54) is 0 Å². The normalized spacial score (nSPS) is 13.2. The van der Waals surface area contributed by atoms with E-state index in [2.05, 4.69) is 4.98 Å². The number of hydrogen-bond acceptors (Lipinski definition) is 3. The zero-order valence-corrected chi connectivity index (χ0v) is 11.0. The van der Waals surface area contributed by atoms with E-state index >= 15 is 0 Å². The lowest BCUT2D eigenvalue weighted by atomic mass is 9.86. The molecule has 0 aliphatic heterocycles. The number of likely N-dealkylation sites (N-methyl/N-ethyl adjacent to an activating group) is 1. The Labute approximate surface area is 103 Å². The first-order chi connectivity index (χ1) is 7.88. The number of anilines is 1. The monoisotopic (exact) mass is 235 g/mol. The third kappa shape index (κ3) is 3.27. The van der Waals surface area contributed by atoms with Crippen LogP contribution in [0.5, 0.6) is 0 Å². The van der Waals surface area contributed by atoms with E-state index in [0.717, 1.165) is 5.69 Å². The summed E-state index contributed by atoms with van der Waals surface area (Å²) in [6.07, 6.45) is 3.35. The van der Waals surface area contributed by atoms with Gasteiger partial charge < -0.3 is 10.6 Å². The number of hydrogen-bond donors (Lipinski definition) is 1. The molecule has 0 unspecified atom stereocenters. The van der Waals surface area contributed by atoms with Crippen LogP contribution in [0.2, 0.25) is 0 Å². The van der Waals surface area contributed by atoms with Crippen LogP contribution < -0.4 is 10.6 Å². The molecule has 0 aliphatic rings. The Morgan fingerprint density at radius 2 is 1.94 bits per heavy atom. The molecule has 1 rings (SSSR count). The number of carbonyl (C=O) groups excluding carboxylic acids is 1. The lowest BCUT2D eigenvalue weighted by Crippen LogP contribution is -2.50. The Kier molecular flexibility index (Phi) is 4.23. The first-order valence-electron chi connectivity index (χ1n) is 5.85. The second-order valence-corrected chi connectivity index (χ2v) is 5.13. The molecule has 1 aromatic rings. The molecule has 2 N–H and O–H groups in total. The van der Waals surface area contributed by atoms with Gasteiger partial charge in [0.25, 0.3) is 0 Å². The van der Waals surface area contributed by atoms with E-state index in [0.29, 0.717) is 6.54 Å². The topological polar surface area (TPSA) is 59.2 Å². The fraction of sp³-hybridized carbons (Fsp3) is 0.538. The van der Waals surface area contributed by atoms with Gasteiger partial charge in [-0.25, -0.2) is 0 Å². The van der Waals surface area contributed by atoms with Crippen molar-refractivity contribution in [2.45, 2.75) is 33.7 Å². The summed E-state index contributed by atoms with van der Waals surface area (Å²) in [5.41, 5.74) is 6.60. The van der Waals surface area contributed by atoms with Crippen LogP contribution >= 0.6 is 0 Å². The van der Waals surface area contributed by atoms with E-state index in [-0.39, 0.29) is 11.3 Å². The second kappa shape index (κ2) is 5.27. The van der Waals surface area contributed by atoms with E-state index in [9.17, 15) is 4.79 Å². The van der Waals surface area contributed by atoms with Gasteiger partial charge in [0.15, 0.2) is 0 Å². The highest BCUT2D eigenvalue weighted by Gasteiger charge is 2.31. The first kappa shape index (κ1) is 13.6. The molecular weight excluding hydrogens is 214 g/mol. The molecule has 1 amide bonds. The summed E-state index contributed by atoms with van der Waals surface area (Å²) in [7, 11) is 0. The molecule has 0 fully saturated rings. The van der Waals surface area contributed by atoms with Crippen molar-refractivity contribution in [1.29, 1.82) is 0 Å². The van der Waals surface area contributed by atoms with Gasteiger partial charge in [0.1, 0.15) is 0 Å². The van der Waals surface area contributed by atoms with Crippen LogP contribution in [-0.2, 0) is 4.79 Å². The van der Waals surface area contributed by atoms with Gasteiger partial charge in [0.05, 0.1) is 6.04 Å². The van der Waals surface area contributed by atoms with Crippen LogP contribution in [0.25, 0.3) is 0 Å². The molecule has 0 bridgehead atoms. The van der Waals surface area contributed by atoms with Crippen LogP contribution in [0, 0.1) is 5.41 Å². The molecule has 4 nitrogen and oxygen atoms in total. The molecule has 0 radical (unpaired) electrons. The van der Waals surface area contributed by atoms with E-state index in [1.807, 2.05) is 39.8 Å². The summed E-state index contributed by atoms with van der Waals surface area (Å²) < 4.78 is 0. The molecule has 0 saturated heterocycles. The number of rotatable bonds is 3. The Bertz CT molecular complexity index is 370. The van der Waals surface area contributed by atoms with Crippen LogP contribution in [0.15, 0.2) is 24.5 Å². The van der Waals surface area contributed by atoms with Crippen LogP contribution in [0.1, 0.15) is 27.7 Å². The number of amides is 1. The molecular formula is C13H21N3O. The predicted molar refractivity (Wildman–Crippen MR) is 69.7 cm³/mol. The maximum absolute atomic E-state index is 12.3. The van der Waals surface area contributed by atoms with Crippen molar-refractivity contribution in [2.24, 2.45) is 11.1 Å². The van der Waals surface area contributed by atoms with Gasteiger partial charge in [0, 0.05) is 24.6 Å². The molecule has 17 heavy (non-hydrogen) atoms. The van der Waals surface area contributed by atoms with Gasteiger partial charge in [-0.2, -0.15) is 0 Å². The molecule has 1 aromatic heterocycles. The van der Waals surface area contributed by atoms with Crippen LogP contribution in [-0.4, -0.2) is 23.5 Å². The number of nitrogens with zero attached hydrogens (tertiary/aromatic N) is 2. The van der Waals surface area contributed by atoms with Gasteiger partial charge in [-0.15, -0.1) is 0 Å². The fourth-order valence-electron chi connectivity index (χ4n) is 1.53. The Balaban J connectivity index is 2.93. The van der Waals surface area contributed by atoms with Crippen molar-refractivity contribution in [3.8, 4) is 0 Å². The molecule has 0 aromatic carbocycles. The van der Waals surface area contributed by atoms with Gasteiger partial charge >= 0.3 is 0 Å². The van der Waals surface area contributed by atoms with Crippen molar-refractivity contribution in [2.75, 3.05) is 11.4 Å². The van der Waals surface area contributed by atoms with Crippen molar-refractivity contribution < 1.29 is 4.79 Å². The molecule has 94 valence electrons. The third-order valence-electron chi connectivity index (χ3n) is 2.76. The smallest absolute Gasteiger partial charge is 0.244 e. The number of carbonyl (C=O) groups is 1. The van der Waals surface area contributed by atoms with Crippen molar-refractivity contribution in [3.63, 3.8) is 0 Å². The number of nitrogens with two attached hydrogens (primary N) is 1. The Morgan fingerprint density at radius 1 is 1.41 bits per heavy atom. The Morgan fingerprint density at radius 3 is 2.35 bits per heavy atom. The maximum atomic E-state index is 12.3. The minimum Gasteiger partial charge on any atom is -0.319 e. The summed E-state index contributed by atoms with van der Waals surface area (Å²) in [6, 6.07) is 3.13. The van der Waals surface area contributed by atoms with E-state index in [4.69, 9.17) is 5.73 Å². The molecule has 1 atom stereocenters. The summed E-state index contributed by atoms with van der Waals surface area (Å²) in [6.45, 7) is 8.45. The minimum atomic E-state index is -0.504. The standard InChI is InChI=1S/C13H21N3O/c1-5-16(10-6-8-15-9-7-10)12(17)11(14)13(2,3)4/h6-9,11H,5,14H2,1-4H3/t11-/m0/s1. The van der Waals surface area contributed by atoms with E-state index in [1.54, 1.807) is 17.3 Å². The highest BCUT2D eigenvalue weighted by molar-refractivity contribution is 5.97. The average molecular weight is 235 g/mol. The number of pyridine rings is 1. The average Bonchev–Trinajstić information content (AvgIpc) is 2.29. The van der Waals surface area contributed by atoms with Gasteiger partial charge in [-0.1, -0.05) is 20.8 Å². The lowest BCUT2D eigenvalue weighted by Gasteiger charge is -2.31. The van der Waals surface area contributed by atoms with Crippen molar-refractivity contribution >= 4 is 11.6 Å². The predicted octanol–water partition coefficient (Wildman–Crippen LogP) is 1.81. The first-order valence-corrected chi connectivity index (χ1v) is 5.85. The molecule has 0 aliphatic carbocycles. The molecule has 1 heterocycles.